The van der Waals surface area contributed by atoms with Crippen LogP contribution in [0.4, 0.5) is 10.5 Å². The van der Waals surface area contributed by atoms with Gasteiger partial charge in [-0.05, 0) is 22.6 Å². The first kappa shape index (κ1) is 18.2. The topological polar surface area (TPSA) is 62.2 Å². The van der Waals surface area contributed by atoms with Crippen LogP contribution in [0, 0.1) is 0 Å². The van der Waals surface area contributed by atoms with Crippen LogP contribution in [0.3, 0.4) is 0 Å². The van der Waals surface area contributed by atoms with Gasteiger partial charge in [0.25, 0.3) is 5.91 Å². The molecule has 0 saturated carbocycles. The monoisotopic (exact) mass is 377 g/mol. The number of imide groups is 1. The van der Waals surface area contributed by atoms with Gasteiger partial charge in [0, 0.05) is 7.05 Å². The van der Waals surface area contributed by atoms with Crippen LogP contribution in [0.1, 0.15) is 38.3 Å². The Morgan fingerprint density at radius 3 is 2.32 bits per heavy atom. The summed E-state index contributed by atoms with van der Waals surface area (Å²) in [7, 11) is 1.48. The number of urea groups is 1. The van der Waals surface area contributed by atoms with Crippen molar-refractivity contribution in [2.24, 2.45) is 5.16 Å². The van der Waals surface area contributed by atoms with E-state index in [9.17, 15) is 9.59 Å². The third-order valence-corrected chi connectivity index (χ3v) is 5.25. The summed E-state index contributed by atoms with van der Waals surface area (Å²) in [5.74, 6) is -0.407. The maximum atomic E-state index is 13.1. The van der Waals surface area contributed by atoms with Gasteiger partial charge >= 0.3 is 11.8 Å². The van der Waals surface area contributed by atoms with Crippen LogP contribution in [0.5, 0.6) is 0 Å². The van der Waals surface area contributed by atoms with Crippen LogP contribution in [0.15, 0.2) is 59.8 Å². The molecule has 1 atom stereocenters. The van der Waals surface area contributed by atoms with Crippen molar-refractivity contribution in [1.82, 2.24) is 4.90 Å². The Balaban J connectivity index is 1.82. The van der Waals surface area contributed by atoms with E-state index >= 15 is 0 Å². The Kier molecular flexibility index (Phi) is 4.03. The van der Waals surface area contributed by atoms with Gasteiger partial charge in [0.05, 0.1) is 17.8 Å². The Morgan fingerprint density at radius 2 is 1.64 bits per heavy atom. The minimum atomic E-state index is -1.49. The number of benzene rings is 2. The molecule has 0 N–H and O–H groups in total. The number of likely N-dealkylation sites (N-methyl/N-ethyl adjacent to an activating group) is 1. The fourth-order valence-corrected chi connectivity index (χ4v) is 3.79. The van der Waals surface area contributed by atoms with E-state index in [1.54, 1.807) is 0 Å². The number of anilines is 1. The normalized spacial score (nSPS) is 22.1. The summed E-state index contributed by atoms with van der Waals surface area (Å²) in [6.45, 7) is 6.23. The van der Waals surface area contributed by atoms with Gasteiger partial charge in [-0.2, -0.15) is 0 Å². The molecule has 144 valence electrons. The Morgan fingerprint density at radius 1 is 1.00 bits per heavy atom. The molecule has 1 fully saturated rings. The molecule has 6 heteroatoms. The maximum Gasteiger partial charge on any atom is 0.334 e. The second kappa shape index (κ2) is 6.19. The second-order valence-electron chi connectivity index (χ2n) is 8.21. The molecule has 4 rings (SSSR count). The molecular formula is C22H23N3O3. The van der Waals surface area contributed by atoms with Crippen LogP contribution in [0.2, 0.25) is 0 Å². The first-order valence-corrected chi connectivity index (χ1v) is 9.28. The van der Waals surface area contributed by atoms with Crippen LogP contribution in [0.25, 0.3) is 0 Å². The highest BCUT2D eigenvalue weighted by Crippen LogP contribution is 2.44. The summed E-state index contributed by atoms with van der Waals surface area (Å²) in [6, 6.07) is 16.8. The van der Waals surface area contributed by atoms with E-state index < -0.39 is 17.7 Å². The molecule has 2 heterocycles. The number of carbonyl (C=O) groups is 2. The van der Waals surface area contributed by atoms with Crippen LogP contribution < -0.4 is 4.90 Å². The summed E-state index contributed by atoms with van der Waals surface area (Å²) in [5, 5.41) is 4.20. The quantitative estimate of drug-likeness (QED) is 0.746. The zero-order chi connectivity index (χ0) is 20.1. The summed E-state index contributed by atoms with van der Waals surface area (Å²) in [5.41, 5.74) is 1.45. The number of hydrogen-bond acceptors (Lipinski definition) is 4. The van der Waals surface area contributed by atoms with E-state index in [1.165, 1.54) is 11.9 Å². The molecule has 1 saturated heterocycles. The molecule has 2 aromatic carbocycles. The first-order valence-electron chi connectivity index (χ1n) is 9.28. The van der Waals surface area contributed by atoms with E-state index in [4.69, 9.17) is 4.84 Å². The SMILES string of the molecule is CN1C(=O)N(c2ccccc2C(C)(C)C)C2(CC(c3ccccc3)=NO2)C1=O. The predicted octanol–water partition coefficient (Wildman–Crippen LogP) is 3.90. The lowest BCUT2D eigenvalue weighted by Gasteiger charge is -2.33. The van der Waals surface area contributed by atoms with Crippen molar-refractivity contribution in [3.05, 3.63) is 65.7 Å². The molecule has 1 unspecified atom stereocenters. The number of hydrogen-bond donors (Lipinski definition) is 0. The average molecular weight is 377 g/mol. The second-order valence-corrected chi connectivity index (χ2v) is 8.21. The highest BCUT2D eigenvalue weighted by Gasteiger charge is 2.63. The van der Waals surface area contributed by atoms with Crippen molar-refractivity contribution >= 4 is 23.3 Å². The van der Waals surface area contributed by atoms with E-state index in [0.29, 0.717) is 11.4 Å². The van der Waals surface area contributed by atoms with Gasteiger partial charge in [-0.3, -0.25) is 9.69 Å². The number of nitrogens with zero attached hydrogens (tertiary/aromatic N) is 3. The highest BCUT2D eigenvalue weighted by atomic mass is 16.7. The fraction of sp³-hybridized carbons (Fsp3) is 0.318. The molecule has 2 aromatic rings. The lowest BCUT2D eigenvalue weighted by Crippen LogP contribution is -2.51. The van der Waals surface area contributed by atoms with Gasteiger partial charge in [-0.15, -0.1) is 0 Å². The van der Waals surface area contributed by atoms with Gasteiger partial charge in [0.1, 0.15) is 0 Å². The molecule has 0 aliphatic carbocycles. The van der Waals surface area contributed by atoms with Crippen molar-refractivity contribution in [2.75, 3.05) is 11.9 Å². The minimum absolute atomic E-state index is 0.199. The van der Waals surface area contributed by atoms with E-state index in [2.05, 4.69) is 25.9 Å². The Labute approximate surface area is 164 Å². The molecule has 0 bridgehead atoms. The van der Waals surface area contributed by atoms with E-state index in [0.717, 1.165) is 16.0 Å². The van der Waals surface area contributed by atoms with E-state index in [-0.39, 0.29) is 11.8 Å². The molecule has 3 amide bonds. The zero-order valence-corrected chi connectivity index (χ0v) is 16.5. The number of oxime groups is 1. The standard InChI is InChI=1S/C22H23N3O3/c1-21(2,3)16-12-8-9-13-18(16)25-20(27)24(4)19(26)22(25)14-17(23-28-22)15-10-6-5-7-11-15/h5-13H,14H2,1-4H3. The number of carbonyl (C=O) groups excluding carboxylic acids is 2. The number of rotatable bonds is 2. The van der Waals surface area contributed by atoms with Crippen LogP contribution >= 0.6 is 0 Å². The lowest BCUT2D eigenvalue weighted by atomic mass is 9.85. The van der Waals surface area contributed by atoms with Gasteiger partial charge in [0.2, 0.25) is 0 Å². The van der Waals surface area contributed by atoms with Gasteiger partial charge in [-0.1, -0.05) is 74.5 Å². The number of para-hydroxylation sites is 1. The summed E-state index contributed by atoms with van der Waals surface area (Å²) in [4.78, 5) is 34.6. The van der Waals surface area contributed by atoms with Crippen molar-refractivity contribution < 1.29 is 14.4 Å². The highest BCUT2D eigenvalue weighted by molar-refractivity contribution is 6.19. The molecule has 0 radical (unpaired) electrons. The molecule has 6 nitrogen and oxygen atoms in total. The van der Waals surface area contributed by atoms with Crippen LogP contribution in [-0.2, 0) is 15.0 Å². The molecule has 28 heavy (non-hydrogen) atoms. The smallest absolute Gasteiger partial charge is 0.334 e. The number of amides is 3. The summed E-state index contributed by atoms with van der Waals surface area (Å²) >= 11 is 0. The average Bonchev–Trinajstić information content (AvgIpc) is 3.19. The predicted molar refractivity (Wildman–Crippen MR) is 107 cm³/mol. The summed E-state index contributed by atoms with van der Waals surface area (Å²) in [6.07, 6.45) is 0.199. The molecule has 2 aliphatic rings. The lowest BCUT2D eigenvalue weighted by molar-refractivity contribution is -0.144. The van der Waals surface area contributed by atoms with Crippen molar-refractivity contribution in [1.29, 1.82) is 0 Å². The van der Waals surface area contributed by atoms with Crippen LogP contribution in [-0.4, -0.2) is 35.3 Å². The zero-order valence-electron chi connectivity index (χ0n) is 16.5. The van der Waals surface area contributed by atoms with Gasteiger partial charge in [-0.25, -0.2) is 9.69 Å². The summed E-state index contributed by atoms with van der Waals surface area (Å²) < 4.78 is 0. The Hall–Kier alpha value is -3.15. The first-order chi connectivity index (χ1) is 13.3. The molecule has 1 spiro atoms. The van der Waals surface area contributed by atoms with E-state index in [1.807, 2.05) is 54.6 Å². The third-order valence-electron chi connectivity index (χ3n) is 5.25. The molecule has 0 aromatic heterocycles. The van der Waals surface area contributed by atoms with Gasteiger partial charge < -0.3 is 4.84 Å². The molecule has 2 aliphatic heterocycles. The maximum absolute atomic E-state index is 13.1. The van der Waals surface area contributed by atoms with Crippen molar-refractivity contribution in [2.45, 2.75) is 38.3 Å². The minimum Gasteiger partial charge on any atom is -0.355 e. The third kappa shape index (κ3) is 2.59. The fourth-order valence-electron chi connectivity index (χ4n) is 3.79. The van der Waals surface area contributed by atoms with Crippen molar-refractivity contribution in [3.63, 3.8) is 0 Å². The Bertz CT molecular complexity index is 978. The van der Waals surface area contributed by atoms with Crippen molar-refractivity contribution in [3.8, 4) is 0 Å². The van der Waals surface area contributed by atoms with Gasteiger partial charge in [0.15, 0.2) is 0 Å². The molecular weight excluding hydrogens is 354 g/mol. The largest absolute Gasteiger partial charge is 0.355 e.